The molecule has 1 aliphatic rings. The Bertz CT molecular complexity index is 1190. The van der Waals surface area contributed by atoms with E-state index in [1.54, 1.807) is 45.0 Å². The SMILES string of the molecule is CC(C)(C)OC(=O)NCCN(CC(=O)O)C(=O)CN1C(=O)c2cccc3cc(N)cc(c23)C1=O. The molecule has 0 fully saturated rings. The average molecular weight is 470 g/mol. The van der Waals surface area contributed by atoms with E-state index in [1.807, 2.05) is 0 Å². The number of nitrogens with one attached hydrogen (secondary N) is 1. The molecular formula is C23H26N4O7. The maximum absolute atomic E-state index is 13.1. The van der Waals surface area contributed by atoms with Crippen molar-refractivity contribution in [2.45, 2.75) is 26.4 Å². The van der Waals surface area contributed by atoms with Gasteiger partial charge in [0.15, 0.2) is 0 Å². The minimum atomic E-state index is -1.29. The number of amides is 4. The lowest BCUT2D eigenvalue weighted by atomic mass is 9.93. The smallest absolute Gasteiger partial charge is 0.407 e. The van der Waals surface area contributed by atoms with Crippen LogP contribution in [0.1, 0.15) is 41.5 Å². The highest BCUT2D eigenvalue weighted by Crippen LogP contribution is 2.32. The van der Waals surface area contributed by atoms with E-state index in [0.29, 0.717) is 16.5 Å². The van der Waals surface area contributed by atoms with Crippen LogP contribution in [0.2, 0.25) is 0 Å². The summed E-state index contributed by atoms with van der Waals surface area (Å²) in [5.41, 5.74) is 5.94. The van der Waals surface area contributed by atoms with Crippen LogP contribution in [0.15, 0.2) is 30.3 Å². The molecule has 0 spiro atoms. The number of nitrogens with zero attached hydrogens (tertiary/aromatic N) is 2. The Labute approximate surface area is 195 Å². The molecule has 0 saturated carbocycles. The molecule has 0 unspecified atom stereocenters. The summed E-state index contributed by atoms with van der Waals surface area (Å²) in [4.78, 5) is 63.8. The lowest BCUT2D eigenvalue weighted by Crippen LogP contribution is -2.50. The minimum absolute atomic E-state index is 0.0888. The van der Waals surface area contributed by atoms with Gasteiger partial charge in [0.1, 0.15) is 18.7 Å². The number of ether oxygens (including phenoxy) is 1. The zero-order chi connectivity index (χ0) is 25.2. The van der Waals surface area contributed by atoms with Crippen molar-refractivity contribution in [1.29, 1.82) is 0 Å². The molecule has 1 aliphatic heterocycles. The molecule has 0 aliphatic carbocycles. The summed E-state index contributed by atoms with van der Waals surface area (Å²) in [5, 5.41) is 12.7. The molecule has 2 aromatic rings. The van der Waals surface area contributed by atoms with Crippen molar-refractivity contribution < 1.29 is 33.8 Å². The van der Waals surface area contributed by atoms with Crippen molar-refractivity contribution >= 4 is 46.2 Å². The number of carboxylic acids is 1. The third-order valence-corrected chi connectivity index (χ3v) is 4.97. The number of rotatable bonds is 7. The van der Waals surface area contributed by atoms with Crippen LogP contribution in [0.4, 0.5) is 10.5 Å². The Hall–Kier alpha value is -4.15. The topological polar surface area (TPSA) is 159 Å². The number of hydrogen-bond donors (Lipinski definition) is 3. The number of anilines is 1. The largest absolute Gasteiger partial charge is 0.480 e. The zero-order valence-electron chi connectivity index (χ0n) is 19.1. The minimum Gasteiger partial charge on any atom is -0.480 e. The van der Waals surface area contributed by atoms with Gasteiger partial charge < -0.3 is 25.8 Å². The summed E-state index contributed by atoms with van der Waals surface area (Å²) in [6, 6.07) is 8.02. The van der Waals surface area contributed by atoms with E-state index >= 15 is 0 Å². The third kappa shape index (κ3) is 5.42. The molecule has 11 heteroatoms. The number of carboxylic acid groups (broad SMARTS) is 1. The van der Waals surface area contributed by atoms with E-state index in [4.69, 9.17) is 10.5 Å². The monoisotopic (exact) mass is 470 g/mol. The number of carbonyl (C=O) groups excluding carboxylic acids is 4. The van der Waals surface area contributed by atoms with E-state index in [-0.39, 0.29) is 24.2 Å². The molecule has 0 radical (unpaired) electrons. The number of imide groups is 1. The second-order valence-electron chi connectivity index (χ2n) is 8.81. The first-order valence-electron chi connectivity index (χ1n) is 10.5. The van der Waals surface area contributed by atoms with E-state index in [0.717, 1.165) is 9.80 Å². The van der Waals surface area contributed by atoms with Crippen LogP contribution >= 0.6 is 0 Å². The fourth-order valence-electron chi connectivity index (χ4n) is 3.62. The summed E-state index contributed by atoms with van der Waals surface area (Å²) in [6.45, 7) is 3.46. The van der Waals surface area contributed by atoms with Crippen LogP contribution in [0.5, 0.6) is 0 Å². The van der Waals surface area contributed by atoms with Gasteiger partial charge in [0.2, 0.25) is 5.91 Å². The highest BCUT2D eigenvalue weighted by Gasteiger charge is 2.35. The quantitative estimate of drug-likeness (QED) is 0.405. The Balaban J connectivity index is 1.76. The molecule has 3 rings (SSSR count). The highest BCUT2D eigenvalue weighted by molar-refractivity contribution is 6.26. The first-order valence-corrected chi connectivity index (χ1v) is 10.5. The summed E-state index contributed by atoms with van der Waals surface area (Å²) in [5.74, 6) is -3.42. The van der Waals surface area contributed by atoms with Gasteiger partial charge in [-0.1, -0.05) is 12.1 Å². The Morgan fingerprint density at radius 1 is 1.12 bits per heavy atom. The summed E-state index contributed by atoms with van der Waals surface area (Å²) in [7, 11) is 0. The van der Waals surface area contributed by atoms with Crippen LogP contribution in [0.3, 0.4) is 0 Å². The second-order valence-corrected chi connectivity index (χ2v) is 8.81. The predicted octanol–water partition coefficient (Wildman–Crippen LogP) is 1.46. The maximum atomic E-state index is 13.1. The van der Waals surface area contributed by atoms with Crippen molar-refractivity contribution in [3.63, 3.8) is 0 Å². The van der Waals surface area contributed by atoms with Crippen molar-refractivity contribution in [2.24, 2.45) is 0 Å². The van der Waals surface area contributed by atoms with Crippen LogP contribution in [0, 0.1) is 0 Å². The van der Waals surface area contributed by atoms with Gasteiger partial charge in [-0.15, -0.1) is 0 Å². The standard InChI is InChI=1S/C23H26N4O7/c1-23(2,3)34-22(33)25-7-8-26(12-18(29)30)17(28)11-27-20(31)15-6-4-5-13-9-14(24)10-16(19(13)15)21(27)32/h4-6,9-10H,7-8,11-12,24H2,1-3H3,(H,25,33)(H,29,30). The maximum Gasteiger partial charge on any atom is 0.407 e. The Morgan fingerprint density at radius 2 is 1.79 bits per heavy atom. The molecule has 34 heavy (non-hydrogen) atoms. The van der Waals surface area contributed by atoms with Crippen LogP contribution in [-0.2, 0) is 14.3 Å². The molecule has 2 aromatic carbocycles. The lowest BCUT2D eigenvalue weighted by molar-refractivity contribution is -0.144. The predicted molar refractivity (Wildman–Crippen MR) is 122 cm³/mol. The number of nitrogens with two attached hydrogens (primary N) is 1. The Morgan fingerprint density at radius 3 is 2.44 bits per heavy atom. The van der Waals surface area contributed by atoms with Gasteiger partial charge in [-0.25, -0.2) is 4.79 Å². The number of nitrogen functional groups attached to an aromatic ring is 1. The molecule has 4 N–H and O–H groups in total. The van der Waals surface area contributed by atoms with Crippen LogP contribution in [-0.4, -0.2) is 76.5 Å². The highest BCUT2D eigenvalue weighted by atomic mass is 16.6. The average Bonchev–Trinajstić information content (AvgIpc) is 2.72. The number of carbonyl (C=O) groups is 5. The van der Waals surface area contributed by atoms with Crippen molar-refractivity contribution in [3.05, 3.63) is 41.5 Å². The first kappa shape index (κ1) is 24.5. The number of benzene rings is 2. The van der Waals surface area contributed by atoms with Gasteiger partial charge in [-0.05, 0) is 44.4 Å². The molecule has 11 nitrogen and oxygen atoms in total. The van der Waals surface area contributed by atoms with Crippen molar-refractivity contribution in [2.75, 3.05) is 31.9 Å². The fourth-order valence-corrected chi connectivity index (χ4v) is 3.62. The van der Waals surface area contributed by atoms with Crippen LogP contribution in [0.25, 0.3) is 10.8 Å². The molecule has 0 atom stereocenters. The van der Waals surface area contributed by atoms with E-state index in [2.05, 4.69) is 5.32 Å². The first-order chi connectivity index (χ1) is 15.9. The van der Waals surface area contributed by atoms with Gasteiger partial charge in [0.05, 0.1) is 5.56 Å². The Kier molecular flexibility index (Phi) is 6.75. The number of hydrogen-bond acceptors (Lipinski definition) is 7. The van der Waals surface area contributed by atoms with Gasteiger partial charge in [-0.3, -0.25) is 24.1 Å². The third-order valence-electron chi connectivity index (χ3n) is 4.97. The van der Waals surface area contributed by atoms with E-state index < -0.39 is 48.5 Å². The molecule has 0 saturated heterocycles. The fraction of sp³-hybridized carbons (Fsp3) is 0.348. The second kappa shape index (κ2) is 9.38. The normalized spacial score (nSPS) is 13.1. The molecule has 1 heterocycles. The van der Waals surface area contributed by atoms with Gasteiger partial charge in [0.25, 0.3) is 11.8 Å². The molecule has 4 amide bonds. The van der Waals surface area contributed by atoms with E-state index in [1.165, 1.54) is 6.07 Å². The molecular weight excluding hydrogens is 444 g/mol. The van der Waals surface area contributed by atoms with Crippen molar-refractivity contribution in [1.82, 2.24) is 15.1 Å². The van der Waals surface area contributed by atoms with Gasteiger partial charge in [-0.2, -0.15) is 0 Å². The van der Waals surface area contributed by atoms with Crippen LogP contribution < -0.4 is 11.1 Å². The molecule has 0 aromatic heterocycles. The molecule has 0 bridgehead atoms. The zero-order valence-corrected chi connectivity index (χ0v) is 19.1. The summed E-state index contributed by atoms with van der Waals surface area (Å²) in [6.07, 6.45) is -0.723. The van der Waals surface area contributed by atoms with Crippen molar-refractivity contribution in [3.8, 4) is 0 Å². The number of aliphatic carboxylic acids is 1. The van der Waals surface area contributed by atoms with E-state index in [9.17, 15) is 29.1 Å². The summed E-state index contributed by atoms with van der Waals surface area (Å²) < 4.78 is 5.10. The van der Waals surface area contributed by atoms with Gasteiger partial charge >= 0.3 is 12.1 Å². The summed E-state index contributed by atoms with van der Waals surface area (Å²) >= 11 is 0. The number of alkyl carbamates (subject to hydrolysis) is 1. The molecule has 180 valence electrons. The lowest BCUT2D eigenvalue weighted by Gasteiger charge is -2.29. The van der Waals surface area contributed by atoms with Gasteiger partial charge in [0, 0.05) is 29.7 Å².